The summed E-state index contributed by atoms with van der Waals surface area (Å²) in [4.78, 5) is 0. The fraction of sp³-hybridized carbons (Fsp3) is 1.00. The molecule has 3 nitrogen and oxygen atoms in total. The Balaban J connectivity index is 0. The standard InChI is InChI=1S/C16H37P.CH3F2NO2S/c1-5-9-13-17(14-10-6-2,15-11-7-3)16-12-8-4;2-1(3)7(4,5)6/h17H,5-16H2,1-4H3;1H,(H2,4,5,6). The molecular weight excluding hydrogens is 351 g/mol. The smallest absolute Gasteiger partial charge is 0.224 e. The van der Waals surface area contributed by atoms with Crippen molar-refractivity contribution in [2.24, 2.45) is 5.14 Å². The van der Waals surface area contributed by atoms with Gasteiger partial charge in [-0.25, -0.2) is 13.6 Å². The molecule has 0 aromatic rings. The zero-order chi connectivity index (χ0) is 19.1. The molecule has 0 saturated carbocycles. The number of halogens is 2. The van der Waals surface area contributed by atoms with Crippen LogP contribution < -0.4 is 5.14 Å². The van der Waals surface area contributed by atoms with E-state index in [0.29, 0.717) is 0 Å². The Morgan fingerprint density at radius 2 is 0.958 bits per heavy atom. The van der Waals surface area contributed by atoms with E-state index in [0.717, 1.165) is 0 Å². The predicted octanol–water partition coefficient (Wildman–Crippen LogP) is 5.43. The van der Waals surface area contributed by atoms with Gasteiger partial charge in [0.1, 0.15) is 0 Å². The second kappa shape index (κ2) is 15.5. The molecule has 0 atom stereocenters. The van der Waals surface area contributed by atoms with Gasteiger partial charge in [-0.05, 0) is 0 Å². The average molecular weight is 392 g/mol. The summed E-state index contributed by atoms with van der Waals surface area (Å²) in [6.07, 6.45) is 18.1. The van der Waals surface area contributed by atoms with Crippen LogP contribution in [0.5, 0.6) is 0 Å². The molecule has 0 heterocycles. The maximum atomic E-state index is 10.8. The third-order valence-corrected chi connectivity index (χ3v) is 10.6. The summed E-state index contributed by atoms with van der Waals surface area (Å²) in [5.74, 6) is -3.45. The van der Waals surface area contributed by atoms with Gasteiger partial charge in [-0.3, -0.25) is 0 Å². The fourth-order valence-corrected chi connectivity index (χ4v) is 8.87. The molecule has 0 fully saturated rings. The molecule has 7 heteroatoms. The minimum Gasteiger partial charge on any atom is -0.224 e. The Hall–Kier alpha value is 0.200. The van der Waals surface area contributed by atoms with Crippen molar-refractivity contribution in [2.45, 2.75) is 84.8 Å². The maximum Gasteiger partial charge on any atom is 0.350 e. The second-order valence-electron chi connectivity index (χ2n) is 6.76. The number of hydrogen-bond acceptors (Lipinski definition) is 2. The van der Waals surface area contributed by atoms with E-state index in [1.165, 1.54) is 51.4 Å². The average Bonchev–Trinajstić information content (AvgIpc) is 2.53. The van der Waals surface area contributed by atoms with Crippen LogP contribution in [0.3, 0.4) is 0 Å². The van der Waals surface area contributed by atoms with E-state index in [2.05, 4.69) is 32.8 Å². The maximum absolute atomic E-state index is 10.8. The molecule has 0 bridgehead atoms. The van der Waals surface area contributed by atoms with Gasteiger partial charge in [0, 0.05) is 0 Å². The number of nitrogens with two attached hydrogens (primary N) is 1. The van der Waals surface area contributed by atoms with Gasteiger partial charge in [-0.1, -0.05) is 0 Å². The quantitative estimate of drug-likeness (QED) is 0.425. The van der Waals surface area contributed by atoms with Crippen molar-refractivity contribution in [3.8, 4) is 0 Å². The van der Waals surface area contributed by atoms with Crippen molar-refractivity contribution in [1.82, 2.24) is 0 Å². The molecule has 0 aliphatic rings. The van der Waals surface area contributed by atoms with Gasteiger partial charge in [0.25, 0.3) is 10.0 Å². The van der Waals surface area contributed by atoms with Crippen molar-refractivity contribution < 1.29 is 17.2 Å². The number of primary sulfonamides is 1. The van der Waals surface area contributed by atoms with Gasteiger partial charge in [-0.15, -0.1) is 0 Å². The number of unbranched alkanes of at least 4 members (excludes halogenated alkanes) is 4. The van der Waals surface area contributed by atoms with Crippen LogP contribution in [0.4, 0.5) is 8.78 Å². The van der Waals surface area contributed by atoms with E-state index in [4.69, 9.17) is 0 Å². The van der Waals surface area contributed by atoms with Crippen LogP contribution in [0.15, 0.2) is 0 Å². The number of rotatable bonds is 13. The largest absolute Gasteiger partial charge is 0.350 e. The van der Waals surface area contributed by atoms with Crippen LogP contribution in [0.25, 0.3) is 0 Å². The molecule has 2 N–H and O–H groups in total. The van der Waals surface area contributed by atoms with Crippen LogP contribution >= 0.6 is 7.26 Å². The van der Waals surface area contributed by atoms with Gasteiger partial charge in [-0.2, -0.15) is 8.78 Å². The summed E-state index contributed by atoms with van der Waals surface area (Å²) < 4.78 is 40.4. The molecule has 150 valence electrons. The molecular formula is C17H40F2NO2PS. The Morgan fingerprint density at radius 3 is 1.08 bits per heavy atom. The minimum absolute atomic E-state index is 0.879. The van der Waals surface area contributed by atoms with E-state index >= 15 is 0 Å². The van der Waals surface area contributed by atoms with Crippen LogP contribution in [0, 0.1) is 0 Å². The number of sulfonamides is 1. The van der Waals surface area contributed by atoms with Crippen LogP contribution in [0.1, 0.15) is 79.1 Å². The van der Waals surface area contributed by atoms with Crippen LogP contribution in [-0.4, -0.2) is 38.8 Å². The first-order chi connectivity index (χ1) is 11.2. The van der Waals surface area contributed by atoms with E-state index in [1.54, 1.807) is 24.6 Å². The molecule has 0 amide bonds. The molecule has 0 radical (unpaired) electrons. The van der Waals surface area contributed by atoms with Crippen molar-refractivity contribution in [1.29, 1.82) is 0 Å². The Morgan fingerprint density at radius 1 is 0.750 bits per heavy atom. The molecule has 0 unspecified atom stereocenters. The Kier molecular flexibility index (Phi) is 17.0. The van der Waals surface area contributed by atoms with Crippen LogP contribution in [0.2, 0.25) is 0 Å². The summed E-state index contributed by atoms with van der Waals surface area (Å²) in [7, 11) is -5.45. The summed E-state index contributed by atoms with van der Waals surface area (Å²) in [6, 6.07) is 0. The summed E-state index contributed by atoms with van der Waals surface area (Å²) in [6.45, 7) is 9.44. The molecule has 0 saturated heterocycles. The van der Waals surface area contributed by atoms with Gasteiger partial charge in [0.2, 0.25) is 0 Å². The summed E-state index contributed by atoms with van der Waals surface area (Å²) in [5, 5.41) is 3.90. The topological polar surface area (TPSA) is 60.2 Å². The zero-order valence-corrected chi connectivity index (χ0v) is 17.9. The van der Waals surface area contributed by atoms with Gasteiger partial charge in [0.05, 0.1) is 0 Å². The van der Waals surface area contributed by atoms with Gasteiger partial charge >= 0.3 is 117 Å². The fourth-order valence-electron chi connectivity index (χ4n) is 2.96. The number of hydrogen-bond donors (Lipinski definition) is 1. The molecule has 0 rings (SSSR count). The first-order valence-electron chi connectivity index (χ1n) is 9.48. The Labute approximate surface area is 149 Å². The van der Waals surface area contributed by atoms with E-state index in [-0.39, 0.29) is 0 Å². The Bertz CT molecular complexity index is 341. The van der Waals surface area contributed by atoms with E-state index in [1.807, 2.05) is 0 Å². The summed E-state index contributed by atoms with van der Waals surface area (Å²) in [5.41, 5.74) is 0. The third kappa shape index (κ3) is 14.5. The molecule has 0 aliphatic carbocycles. The van der Waals surface area contributed by atoms with Crippen molar-refractivity contribution in [3.05, 3.63) is 0 Å². The normalized spacial score (nSPS) is 12.8. The van der Waals surface area contributed by atoms with Crippen LogP contribution in [-0.2, 0) is 10.0 Å². The SMILES string of the molecule is CCCC[PH](CCCC)(CCCC)CCCC.NS(=O)(=O)C(F)F. The second-order valence-corrected chi connectivity index (χ2v) is 13.3. The number of alkyl halides is 2. The predicted molar refractivity (Wildman–Crippen MR) is 107 cm³/mol. The molecule has 0 spiro atoms. The first-order valence-corrected chi connectivity index (χ1v) is 13.9. The summed E-state index contributed by atoms with van der Waals surface area (Å²) >= 11 is 0. The van der Waals surface area contributed by atoms with E-state index < -0.39 is 23.0 Å². The van der Waals surface area contributed by atoms with E-state index in [9.17, 15) is 17.2 Å². The van der Waals surface area contributed by atoms with Gasteiger partial charge in [0.15, 0.2) is 0 Å². The van der Waals surface area contributed by atoms with Crippen molar-refractivity contribution in [3.63, 3.8) is 0 Å². The minimum atomic E-state index is -4.57. The van der Waals surface area contributed by atoms with Crippen molar-refractivity contribution >= 4 is 17.3 Å². The molecule has 0 aromatic heterocycles. The zero-order valence-electron chi connectivity index (χ0n) is 16.1. The molecule has 0 aliphatic heterocycles. The van der Waals surface area contributed by atoms with Gasteiger partial charge < -0.3 is 0 Å². The molecule has 24 heavy (non-hydrogen) atoms. The molecule has 0 aromatic carbocycles. The monoisotopic (exact) mass is 391 g/mol. The third-order valence-electron chi connectivity index (χ3n) is 4.49. The van der Waals surface area contributed by atoms with Crippen molar-refractivity contribution in [2.75, 3.05) is 24.6 Å². The first kappa shape index (κ1) is 26.4.